The van der Waals surface area contributed by atoms with Crippen LogP contribution >= 0.6 is 0 Å². The topological polar surface area (TPSA) is 66.4 Å². The van der Waals surface area contributed by atoms with Crippen molar-refractivity contribution >= 4 is 22.4 Å². The first-order chi connectivity index (χ1) is 16.2. The average molecular weight is 469 g/mol. The number of anilines is 2. The van der Waals surface area contributed by atoms with Gasteiger partial charge in [0, 0.05) is 30.1 Å². The first-order valence-corrected chi connectivity index (χ1v) is 11.7. The molecule has 7 nitrogen and oxygen atoms in total. The SMILES string of the molecule is Cc1nnc(N[C@H](C)c2cccc3c2OCC3(F)F)c2cc(N3CCC(N(C)C)CC3)cnc12. The number of nitrogens with zero attached hydrogens (tertiary/aromatic N) is 5. The fourth-order valence-corrected chi connectivity index (χ4v) is 4.94. The molecule has 0 unspecified atom stereocenters. The molecular formula is C25H30F2N6O. The zero-order valence-electron chi connectivity index (χ0n) is 20.0. The van der Waals surface area contributed by atoms with Crippen molar-refractivity contribution < 1.29 is 13.5 Å². The predicted octanol–water partition coefficient (Wildman–Crippen LogP) is 4.52. The first-order valence-electron chi connectivity index (χ1n) is 11.7. The molecule has 4 heterocycles. The minimum absolute atomic E-state index is 0.0661. The van der Waals surface area contributed by atoms with Crippen LogP contribution in [0, 0.1) is 6.92 Å². The molecule has 1 N–H and O–H groups in total. The summed E-state index contributed by atoms with van der Waals surface area (Å²) < 4.78 is 33.7. The molecule has 2 aliphatic rings. The Morgan fingerprint density at radius 2 is 1.97 bits per heavy atom. The van der Waals surface area contributed by atoms with E-state index < -0.39 is 12.5 Å². The van der Waals surface area contributed by atoms with Crippen LogP contribution in [0.5, 0.6) is 5.75 Å². The van der Waals surface area contributed by atoms with E-state index in [0.29, 0.717) is 17.4 Å². The maximum Gasteiger partial charge on any atom is 0.310 e. The lowest BCUT2D eigenvalue weighted by atomic mass is 10.0. The molecular weight excluding hydrogens is 438 g/mol. The van der Waals surface area contributed by atoms with E-state index in [2.05, 4.69) is 45.5 Å². The zero-order chi connectivity index (χ0) is 24.0. The number of hydrogen-bond acceptors (Lipinski definition) is 7. The van der Waals surface area contributed by atoms with Gasteiger partial charge in [-0.3, -0.25) is 4.98 Å². The van der Waals surface area contributed by atoms with Gasteiger partial charge >= 0.3 is 5.92 Å². The van der Waals surface area contributed by atoms with Gasteiger partial charge in [-0.05, 0) is 52.9 Å². The summed E-state index contributed by atoms with van der Waals surface area (Å²) in [5, 5.41) is 12.9. The second-order valence-corrected chi connectivity index (χ2v) is 9.49. The fraction of sp³-hybridized carbons (Fsp3) is 0.480. The number of hydrogen-bond donors (Lipinski definition) is 1. The number of benzene rings is 1. The lowest BCUT2D eigenvalue weighted by Crippen LogP contribution is -2.42. The molecule has 180 valence electrons. The number of ether oxygens (including phenoxy) is 1. The van der Waals surface area contributed by atoms with E-state index in [1.165, 1.54) is 6.07 Å². The van der Waals surface area contributed by atoms with Crippen LogP contribution in [0.4, 0.5) is 20.3 Å². The van der Waals surface area contributed by atoms with Gasteiger partial charge in [0.25, 0.3) is 0 Å². The standard InChI is InChI=1S/C25H30F2N6O/c1-15(19-6-5-7-21-23(19)34-14-25(21,26)27)29-24-20-12-18(13-28-22(20)16(2)30-31-24)33-10-8-17(9-11-33)32(3)4/h5-7,12-13,15,17H,8-11,14H2,1-4H3,(H,29,31)/t15-/m1/s1. The minimum atomic E-state index is -2.97. The molecule has 0 spiro atoms. The van der Waals surface area contributed by atoms with Crippen LogP contribution in [-0.4, -0.2) is 59.9 Å². The quantitative estimate of drug-likeness (QED) is 0.591. The maximum absolute atomic E-state index is 14.2. The fourth-order valence-electron chi connectivity index (χ4n) is 4.94. The summed E-state index contributed by atoms with van der Waals surface area (Å²) in [6, 6.07) is 7.26. The van der Waals surface area contributed by atoms with Crippen LogP contribution in [-0.2, 0) is 5.92 Å². The number of fused-ring (bicyclic) bond motifs is 2. The summed E-state index contributed by atoms with van der Waals surface area (Å²) in [6.45, 7) is 5.10. The Morgan fingerprint density at radius 1 is 1.21 bits per heavy atom. The van der Waals surface area contributed by atoms with Gasteiger partial charge in [-0.15, -0.1) is 5.10 Å². The van der Waals surface area contributed by atoms with Crippen LogP contribution < -0.4 is 15.0 Å². The number of aromatic nitrogens is 3. The second-order valence-electron chi connectivity index (χ2n) is 9.49. The van der Waals surface area contributed by atoms with E-state index in [0.717, 1.165) is 48.2 Å². The van der Waals surface area contributed by atoms with Crippen molar-refractivity contribution in [3.05, 3.63) is 47.3 Å². The third-order valence-electron chi connectivity index (χ3n) is 6.99. The van der Waals surface area contributed by atoms with E-state index >= 15 is 0 Å². The van der Waals surface area contributed by atoms with Crippen molar-refractivity contribution in [2.45, 2.75) is 44.7 Å². The minimum Gasteiger partial charge on any atom is -0.486 e. The Morgan fingerprint density at radius 3 is 2.71 bits per heavy atom. The highest BCUT2D eigenvalue weighted by Crippen LogP contribution is 2.45. The lowest BCUT2D eigenvalue weighted by molar-refractivity contribution is -0.0214. The van der Waals surface area contributed by atoms with Crippen molar-refractivity contribution in [3.63, 3.8) is 0 Å². The number of aryl methyl sites for hydroxylation is 1. The van der Waals surface area contributed by atoms with Gasteiger partial charge in [-0.25, -0.2) is 0 Å². The van der Waals surface area contributed by atoms with Crippen LogP contribution in [0.3, 0.4) is 0 Å². The van der Waals surface area contributed by atoms with Crippen LogP contribution in [0.1, 0.15) is 42.6 Å². The molecule has 0 amide bonds. The third kappa shape index (κ3) is 4.02. The Labute approximate surface area is 198 Å². The summed E-state index contributed by atoms with van der Waals surface area (Å²) >= 11 is 0. The molecule has 1 saturated heterocycles. The predicted molar refractivity (Wildman–Crippen MR) is 129 cm³/mol. The molecule has 1 aromatic carbocycles. The largest absolute Gasteiger partial charge is 0.486 e. The lowest BCUT2D eigenvalue weighted by Gasteiger charge is -2.36. The number of alkyl halides is 2. The molecule has 0 saturated carbocycles. The molecule has 0 aliphatic carbocycles. The summed E-state index contributed by atoms with van der Waals surface area (Å²) in [7, 11) is 4.26. The van der Waals surface area contributed by atoms with E-state index in [-0.39, 0.29) is 17.4 Å². The molecule has 1 atom stereocenters. The molecule has 1 fully saturated rings. The number of rotatable bonds is 5. The highest BCUT2D eigenvalue weighted by atomic mass is 19.3. The summed E-state index contributed by atoms with van der Waals surface area (Å²) in [4.78, 5) is 9.36. The van der Waals surface area contributed by atoms with E-state index in [4.69, 9.17) is 9.72 Å². The highest BCUT2D eigenvalue weighted by molar-refractivity contribution is 5.92. The van der Waals surface area contributed by atoms with Gasteiger partial charge in [0.2, 0.25) is 0 Å². The summed E-state index contributed by atoms with van der Waals surface area (Å²) in [5.74, 6) is -2.15. The van der Waals surface area contributed by atoms with Gasteiger partial charge in [0.05, 0.1) is 34.7 Å². The van der Waals surface area contributed by atoms with Crippen LogP contribution in [0.2, 0.25) is 0 Å². The van der Waals surface area contributed by atoms with Crippen LogP contribution in [0.25, 0.3) is 10.9 Å². The number of nitrogens with one attached hydrogen (secondary N) is 1. The number of piperidine rings is 1. The van der Waals surface area contributed by atoms with Gasteiger partial charge in [-0.1, -0.05) is 12.1 Å². The van der Waals surface area contributed by atoms with Crippen LogP contribution in [0.15, 0.2) is 30.5 Å². The number of para-hydroxylation sites is 1. The molecule has 34 heavy (non-hydrogen) atoms. The molecule has 5 rings (SSSR count). The van der Waals surface area contributed by atoms with E-state index in [9.17, 15) is 8.78 Å². The Balaban J connectivity index is 1.45. The van der Waals surface area contributed by atoms with E-state index in [1.54, 1.807) is 12.1 Å². The molecule has 0 radical (unpaired) electrons. The zero-order valence-corrected chi connectivity index (χ0v) is 20.0. The molecule has 2 aromatic heterocycles. The molecule has 0 bridgehead atoms. The normalized spacial score (nSPS) is 18.7. The monoisotopic (exact) mass is 468 g/mol. The maximum atomic E-state index is 14.2. The first kappa shape index (κ1) is 22.7. The van der Waals surface area contributed by atoms with E-state index in [1.807, 2.05) is 20.0 Å². The molecule has 9 heteroatoms. The summed E-state index contributed by atoms with van der Waals surface area (Å²) in [6.07, 6.45) is 4.11. The van der Waals surface area contributed by atoms with Gasteiger partial charge in [0.1, 0.15) is 5.75 Å². The molecule has 2 aliphatic heterocycles. The van der Waals surface area contributed by atoms with Gasteiger partial charge in [0.15, 0.2) is 12.4 Å². The van der Waals surface area contributed by atoms with Gasteiger partial charge in [-0.2, -0.15) is 13.9 Å². The second kappa shape index (κ2) is 8.61. The average Bonchev–Trinajstić information content (AvgIpc) is 3.15. The number of pyridine rings is 1. The van der Waals surface area contributed by atoms with Crippen molar-refractivity contribution in [1.82, 2.24) is 20.1 Å². The Kier molecular flexibility index (Phi) is 5.75. The third-order valence-corrected chi connectivity index (χ3v) is 6.99. The highest BCUT2D eigenvalue weighted by Gasteiger charge is 2.42. The van der Waals surface area contributed by atoms with Gasteiger partial charge < -0.3 is 19.9 Å². The van der Waals surface area contributed by atoms with Crippen molar-refractivity contribution in [1.29, 1.82) is 0 Å². The van der Waals surface area contributed by atoms with Crippen molar-refractivity contribution in [2.24, 2.45) is 0 Å². The Hall–Kier alpha value is -3.07. The smallest absolute Gasteiger partial charge is 0.310 e. The van der Waals surface area contributed by atoms with Crippen molar-refractivity contribution in [2.75, 3.05) is 44.0 Å². The Bertz CT molecular complexity index is 1210. The number of halogens is 2. The summed E-state index contributed by atoms with van der Waals surface area (Å²) in [5.41, 5.74) is 3.17. The molecule has 3 aromatic rings. The van der Waals surface area contributed by atoms with Crippen molar-refractivity contribution in [3.8, 4) is 5.75 Å².